The van der Waals surface area contributed by atoms with E-state index in [1.54, 1.807) is 4.31 Å². The van der Waals surface area contributed by atoms with Gasteiger partial charge in [-0.25, -0.2) is 12.7 Å². The Bertz CT molecular complexity index is 605. The molecule has 3 unspecified atom stereocenters. The summed E-state index contributed by atoms with van der Waals surface area (Å²) in [4.78, 5) is 4.85. The van der Waals surface area contributed by atoms with E-state index >= 15 is 0 Å². The van der Waals surface area contributed by atoms with Gasteiger partial charge in [0, 0.05) is 32.2 Å². The first kappa shape index (κ1) is 24.2. The Morgan fingerprint density at radius 2 is 1.71 bits per heavy atom. The zero-order chi connectivity index (χ0) is 19.3. The number of halogens is 1. The first-order valence-corrected chi connectivity index (χ1v) is 12.8. The van der Waals surface area contributed by atoms with Gasteiger partial charge in [-0.1, -0.05) is 25.7 Å². The third kappa shape index (κ3) is 7.00. The second kappa shape index (κ2) is 11.3. The smallest absolute Gasteiger partial charge is 0.211 e. The summed E-state index contributed by atoms with van der Waals surface area (Å²) in [6.07, 6.45) is 12.7. The number of sulfonamides is 1. The number of piperidine rings is 1. The highest BCUT2D eigenvalue weighted by Gasteiger charge is 2.32. The zero-order valence-electron chi connectivity index (χ0n) is 17.5. The maximum atomic E-state index is 11.6. The topological polar surface area (TPSA) is 73.8 Å². The van der Waals surface area contributed by atoms with Crippen molar-refractivity contribution in [2.24, 2.45) is 22.7 Å². The maximum absolute atomic E-state index is 11.6. The number of nitrogens with one attached hydrogen (secondary N) is 2. The van der Waals surface area contributed by atoms with Crippen molar-refractivity contribution < 1.29 is 8.42 Å². The van der Waals surface area contributed by atoms with Crippen molar-refractivity contribution in [2.45, 2.75) is 70.8 Å². The number of nitrogens with zero attached hydrogens (tertiary/aromatic N) is 2. The van der Waals surface area contributed by atoms with Crippen molar-refractivity contribution in [2.75, 3.05) is 32.4 Å². The second-order valence-electron chi connectivity index (χ2n) is 8.78. The lowest BCUT2D eigenvalue weighted by atomic mass is 9.69. The van der Waals surface area contributed by atoms with Crippen molar-refractivity contribution in [3.8, 4) is 0 Å². The molecular formula is C20H39IN4O2S. The average Bonchev–Trinajstić information content (AvgIpc) is 2.66. The fourth-order valence-corrected chi connectivity index (χ4v) is 6.04. The molecule has 0 aromatic heterocycles. The molecule has 1 saturated heterocycles. The van der Waals surface area contributed by atoms with Gasteiger partial charge in [0.25, 0.3) is 0 Å². The van der Waals surface area contributed by atoms with Crippen LogP contribution in [0.3, 0.4) is 0 Å². The number of hydrogen-bond donors (Lipinski definition) is 2. The standard InChI is InChI=1S/C20H38N4O2S.HI/c1-3-21-20(22-15-16-10-12-24(13-11-16)27(2,25)26)23-19-9-8-17-6-4-5-7-18(17)14-19;/h16-19H,3-15H2,1-2H3,(H2,21,22,23);1H. The Morgan fingerprint density at radius 3 is 2.36 bits per heavy atom. The predicted molar refractivity (Wildman–Crippen MR) is 127 cm³/mol. The summed E-state index contributed by atoms with van der Waals surface area (Å²) in [6.45, 7) is 5.03. The molecule has 28 heavy (non-hydrogen) atoms. The molecule has 2 saturated carbocycles. The van der Waals surface area contributed by atoms with Crippen LogP contribution in [0.25, 0.3) is 0 Å². The molecule has 6 nitrogen and oxygen atoms in total. The van der Waals surface area contributed by atoms with Gasteiger partial charge >= 0.3 is 0 Å². The van der Waals surface area contributed by atoms with Gasteiger partial charge in [-0.05, 0) is 56.8 Å². The molecule has 0 aromatic carbocycles. The summed E-state index contributed by atoms with van der Waals surface area (Å²) < 4.78 is 24.9. The van der Waals surface area contributed by atoms with Crippen LogP contribution in [-0.2, 0) is 10.0 Å². The lowest BCUT2D eigenvalue weighted by Crippen LogP contribution is -2.47. The lowest BCUT2D eigenvalue weighted by Gasteiger charge is -2.40. The molecule has 8 heteroatoms. The Kier molecular flexibility index (Phi) is 9.80. The summed E-state index contributed by atoms with van der Waals surface area (Å²) in [5.74, 6) is 3.30. The van der Waals surface area contributed by atoms with E-state index in [4.69, 9.17) is 4.99 Å². The highest BCUT2D eigenvalue weighted by Crippen LogP contribution is 2.40. The number of hydrogen-bond acceptors (Lipinski definition) is 3. The summed E-state index contributed by atoms with van der Waals surface area (Å²) in [5, 5.41) is 7.10. The lowest BCUT2D eigenvalue weighted by molar-refractivity contribution is 0.150. The van der Waals surface area contributed by atoms with E-state index in [0.717, 1.165) is 43.7 Å². The van der Waals surface area contributed by atoms with E-state index in [1.807, 2.05) is 0 Å². The van der Waals surface area contributed by atoms with Crippen LogP contribution in [0.15, 0.2) is 4.99 Å². The molecule has 3 fully saturated rings. The van der Waals surface area contributed by atoms with Crippen molar-refractivity contribution >= 4 is 40.0 Å². The van der Waals surface area contributed by atoms with Crippen LogP contribution in [0.5, 0.6) is 0 Å². The van der Waals surface area contributed by atoms with E-state index < -0.39 is 10.0 Å². The van der Waals surface area contributed by atoms with Gasteiger partial charge in [0.2, 0.25) is 10.0 Å². The van der Waals surface area contributed by atoms with Crippen LogP contribution in [0, 0.1) is 17.8 Å². The number of fused-ring (bicyclic) bond motifs is 1. The Hall–Kier alpha value is -0.0900. The fourth-order valence-electron chi connectivity index (χ4n) is 5.16. The van der Waals surface area contributed by atoms with Crippen LogP contribution >= 0.6 is 24.0 Å². The van der Waals surface area contributed by atoms with Crippen LogP contribution < -0.4 is 10.6 Å². The third-order valence-corrected chi connectivity index (χ3v) is 8.08. The molecule has 1 aliphatic heterocycles. The number of aliphatic imine (C=N–C) groups is 1. The molecule has 0 aromatic rings. The van der Waals surface area contributed by atoms with Crippen LogP contribution in [0.1, 0.15) is 64.7 Å². The summed E-state index contributed by atoms with van der Waals surface area (Å²) in [7, 11) is -3.05. The molecule has 3 atom stereocenters. The molecule has 0 amide bonds. The SMILES string of the molecule is CCNC(=NCC1CCN(S(C)(=O)=O)CC1)NC1CCC2CCCCC2C1.I. The Labute approximate surface area is 188 Å². The number of rotatable bonds is 5. The molecule has 0 spiro atoms. The van der Waals surface area contributed by atoms with Gasteiger partial charge in [-0.2, -0.15) is 0 Å². The van der Waals surface area contributed by atoms with Crippen LogP contribution in [0.2, 0.25) is 0 Å². The molecule has 0 radical (unpaired) electrons. The van der Waals surface area contributed by atoms with E-state index in [9.17, 15) is 8.42 Å². The van der Waals surface area contributed by atoms with E-state index in [2.05, 4.69) is 17.6 Å². The molecule has 3 rings (SSSR count). The van der Waals surface area contributed by atoms with E-state index in [0.29, 0.717) is 25.0 Å². The van der Waals surface area contributed by atoms with E-state index in [1.165, 1.54) is 51.2 Å². The van der Waals surface area contributed by atoms with Gasteiger partial charge in [0.15, 0.2) is 5.96 Å². The Morgan fingerprint density at radius 1 is 1.04 bits per heavy atom. The minimum absolute atomic E-state index is 0. The average molecular weight is 527 g/mol. The summed E-state index contributed by atoms with van der Waals surface area (Å²) >= 11 is 0. The first-order chi connectivity index (χ1) is 13.0. The molecule has 2 N–H and O–H groups in total. The molecular weight excluding hydrogens is 487 g/mol. The van der Waals surface area contributed by atoms with Crippen LogP contribution in [-0.4, -0.2) is 57.2 Å². The summed E-state index contributed by atoms with van der Waals surface area (Å²) in [6, 6.07) is 0.550. The van der Waals surface area contributed by atoms with E-state index in [-0.39, 0.29) is 24.0 Å². The first-order valence-electron chi connectivity index (χ1n) is 11.0. The normalized spacial score (nSPS) is 30.2. The van der Waals surface area contributed by atoms with Crippen molar-refractivity contribution in [1.82, 2.24) is 14.9 Å². The van der Waals surface area contributed by atoms with Crippen molar-refractivity contribution in [3.05, 3.63) is 0 Å². The van der Waals surface area contributed by atoms with Gasteiger partial charge < -0.3 is 10.6 Å². The molecule has 3 aliphatic rings. The van der Waals surface area contributed by atoms with Crippen molar-refractivity contribution in [1.29, 1.82) is 0 Å². The van der Waals surface area contributed by atoms with Gasteiger partial charge in [-0.3, -0.25) is 4.99 Å². The minimum Gasteiger partial charge on any atom is -0.357 e. The highest BCUT2D eigenvalue weighted by atomic mass is 127. The number of guanidine groups is 1. The van der Waals surface area contributed by atoms with Crippen molar-refractivity contribution in [3.63, 3.8) is 0 Å². The monoisotopic (exact) mass is 526 g/mol. The molecule has 1 heterocycles. The zero-order valence-corrected chi connectivity index (χ0v) is 20.7. The maximum Gasteiger partial charge on any atom is 0.211 e. The fraction of sp³-hybridized carbons (Fsp3) is 0.950. The molecule has 0 bridgehead atoms. The van der Waals surface area contributed by atoms with Gasteiger partial charge in [0.05, 0.1) is 6.26 Å². The minimum atomic E-state index is -3.05. The summed E-state index contributed by atoms with van der Waals surface area (Å²) in [5.41, 5.74) is 0. The van der Waals surface area contributed by atoms with Gasteiger partial charge in [-0.15, -0.1) is 24.0 Å². The Balaban J connectivity index is 0.00000280. The predicted octanol–water partition coefficient (Wildman–Crippen LogP) is 3.19. The highest BCUT2D eigenvalue weighted by molar-refractivity contribution is 14.0. The molecule has 2 aliphatic carbocycles. The van der Waals surface area contributed by atoms with Gasteiger partial charge in [0.1, 0.15) is 0 Å². The molecule has 164 valence electrons. The third-order valence-electron chi connectivity index (χ3n) is 6.77. The van der Waals surface area contributed by atoms with Crippen LogP contribution in [0.4, 0.5) is 0 Å². The largest absolute Gasteiger partial charge is 0.357 e. The second-order valence-corrected chi connectivity index (χ2v) is 10.8. The quantitative estimate of drug-likeness (QED) is 0.328.